The maximum atomic E-state index is 6.86. The summed E-state index contributed by atoms with van der Waals surface area (Å²) in [4.78, 5) is 5.06. The predicted octanol–water partition coefficient (Wildman–Crippen LogP) is 5.04. The minimum atomic E-state index is -0.219. The molecule has 0 radical (unpaired) electrons. The van der Waals surface area contributed by atoms with Crippen LogP contribution >= 0.6 is 0 Å². The van der Waals surface area contributed by atoms with E-state index in [9.17, 15) is 0 Å². The average Bonchev–Trinajstić information content (AvgIpc) is 3.26. The first kappa shape index (κ1) is 21.9. The molecule has 2 saturated heterocycles. The summed E-state index contributed by atoms with van der Waals surface area (Å²) >= 11 is 0. The lowest BCUT2D eigenvalue weighted by Gasteiger charge is -2.48. The topological polar surface area (TPSA) is 41.7 Å². The molecular formula is C26H41N3O. The summed E-state index contributed by atoms with van der Waals surface area (Å²) < 4.78 is 6.86. The van der Waals surface area contributed by atoms with E-state index in [2.05, 4.69) is 55.0 Å². The second-order valence-corrected chi connectivity index (χ2v) is 9.94. The summed E-state index contributed by atoms with van der Waals surface area (Å²) in [6.07, 6.45) is 12.0. The summed E-state index contributed by atoms with van der Waals surface area (Å²) in [7, 11) is 2.25. The SMILES string of the molecule is CC1CC(OCCN2CCCC2)(c2ccc(N)c(C3=CCCCC3)c2)CC(C)N1C. The number of likely N-dealkylation sites (tertiary alicyclic amines) is 2. The van der Waals surface area contributed by atoms with Gasteiger partial charge < -0.3 is 20.3 Å². The fraction of sp³-hybridized carbons (Fsp3) is 0.692. The number of allylic oxidation sites excluding steroid dienone is 2. The van der Waals surface area contributed by atoms with Crippen LogP contribution in [0.25, 0.3) is 5.57 Å². The van der Waals surface area contributed by atoms with Crippen molar-refractivity contribution in [1.29, 1.82) is 0 Å². The van der Waals surface area contributed by atoms with Crippen LogP contribution < -0.4 is 5.73 Å². The number of nitrogens with two attached hydrogens (primary N) is 1. The Balaban J connectivity index is 1.62. The fourth-order valence-corrected chi connectivity index (χ4v) is 5.77. The molecule has 2 N–H and O–H groups in total. The molecule has 2 atom stereocenters. The third-order valence-electron chi connectivity index (χ3n) is 7.84. The van der Waals surface area contributed by atoms with E-state index in [0.29, 0.717) is 12.1 Å². The van der Waals surface area contributed by atoms with Crippen molar-refractivity contribution in [3.05, 3.63) is 35.4 Å². The zero-order chi connectivity index (χ0) is 21.1. The van der Waals surface area contributed by atoms with Gasteiger partial charge in [-0.25, -0.2) is 0 Å². The molecule has 2 heterocycles. The third kappa shape index (κ3) is 4.61. The lowest BCUT2D eigenvalue weighted by Crippen LogP contribution is -2.52. The number of ether oxygens (including phenoxy) is 1. The van der Waals surface area contributed by atoms with Crippen LogP contribution in [0.15, 0.2) is 24.3 Å². The number of rotatable bonds is 6. The summed E-state index contributed by atoms with van der Waals surface area (Å²) in [5.74, 6) is 0. The molecule has 0 saturated carbocycles. The summed E-state index contributed by atoms with van der Waals surface area (Å²) in [6.45, 7) is 9.00. The average molecular weight is 412 g/mol. The summed E-state index contributed by atoms with van der Waals surface area (Å²) in [5.41, 5.74) is 11.1. The van der Waals surface area contributed by atoms with Crippen LogP contribution in [0.2, 0.25) is 0 Å². The van der Waals surface area contributed by atoms with Crippen LogP contribution in [0.5, 0.6) is 0 Å². The van der Waals surface area contributed by atoms with Gasteiger partial charge in [0.2, 0.25) is 0 Å². The molecule has 166 valence electrons. The van der Waals surface area contributed by atoms with Crippen LogP contribution in [-0.2, 0) is 10.3 Å². The van der Waals surface area contributed by atoms with Crippen molar-refractivity contribution in [2.24, 2.45) is 0 Å². The second-order valence-electron chi connectivity index (χ2n) is 9.94. The van der Waals surface area contributed by atoms with E-state index in [0.717, 1.165) is 38.1 Å². The maximum Gasteiger partial charge on any atom is 0.0961 e. The summed E-state index contributed by atoms with van der Waals surface area (Å²) in [6, 6.07) is 7.72. The normalized spacial score (nSPS) is 31.1. The maximum absolute atomic E-state index is 6.86. The quantitative estimate of drug-likeness (QED) is 0.666. The van der Waals surface area contributed by atoms with E-state index in [1.165, 1.54) is 61.9 Å². The molecule has 30 heavy (non-hydrogen) atoms. The van der Waals surface area contributed by atoms with Crippen molar-refractivity contribution in [2.45, 2.75) is 82.9 Å². The van der Waals surface area contributed by atoms with Crippen molar-refractivity contribution in [1.82, 2.24) is 9.80 Å². The molecule has 4 nitrogen and oxygen atoms in total. The van der Waals surface area contributed by atoms with Crippen molar-refractivity contribution < 1.29 is 4.74 Å². The van der Waals surface area contributed by atoms with Gasteiger partial charge in [0.05, 0.1) is 12.2 Å². The highest BCUT2D eigenvalue weighted by molar-refractivity contribution is 5.76. The van der Waals surface area contributed by atoms with Gasteiger partial charge in [-0.3, -0.25) is 0 Å². The van der Waals surface area contributed by atoms with Crippen LogP contribution in [0.4, 0.5) is 5.69 Å². The molecule has 1 aliphatic carbocycles. The molecule has 2 aliphatic heterocycles. The molecule has 0 spiro atoms. The van der Waals surface area contributed by atoms with E-state index in [1.807, 2.05) is 0 Å². The molecular weight excluding hydrogens is 370 g/mol. The highest BCUT2D eigenvalue weighted by atomic mass is 16.5. The highest BCUT2D eigenvalue weighted by Gasteiger charge is 2.43. The Morgan fingerprint density at radius 1 is 1.07 bits per heavy atom. The Morgan fingerprint density at radius 3 is 2.47 bits per heavy atom. The Morgan fingerprint density at radius 2 is 1.80 bits per heavy atom. The molecule has 2 unspecified atom stereocenters. The zero-order valence-corrected chi connectivity index (χ0v) is 19.3. The molecule has 0 aromatic heterocycles. The first-order chi connectivity index (χ1) is 14.5. The van der Waals surface area contributed by atoms with Gasteiger partial charge in [0.1, 0.15) is 0 Å². The Labute approximate surface area is 183 Å². The van der Waals surface area contributed by atoms with Crippen LogP contribution in [-0.4, -0.2) is 55.2 Å². The number of benzene rings is 1. The number of nitrogens with zero attached hydrogens (tertiary/aromatic N) is 2. The molecule has 2 fully saturated rings. The first-order valence-electron chi connectivity index (χ1n) is 12.2. The Hall–Kier alpha value is -1.36. The van der Waals surface area contributed by atoms with E-state index in [-0.39, 0.29) is 5.60 Å². The van der Waals surface area contributed by atoms with Gasteiger partial charge in [0.15, 0.2) is 0 Å². The van der Waals surface area contributed by atoms with Crippen LogP contribution in [0.1, 0.15) is 76.3 Å². The summed E-state index contributed by atoms with van der Waals surface area (Å²) in [5, 5.41) is 0. The van der Waals surface area contributed by atoms with Crippen molar-refractivity contribution in [3.8, 4) is 0 Å². The third-order valence-corrected chi connectivity index (χ3v) is 7.84. The van der Waals surface area contributed by atoms with Crippen LogP contribution in [0.3, 0.4) is 0 Å². The smallest absolute Gasteiger partial charge is 0.0961 e. The van der Waals surface area contributed by atoms with Crippen molar-refractivity contribution in [2.75, 3.05) is 39.0 Å². The van der Waals surface area contributed by atoms with Gasteiger partial charge in [-0.15, -0.1) is 0 Å². The number of hydrogen-bond donors (Lipinski definition) is 1. The molecule has 1 aromatic rings. The Bertz CT molecular complexity index is 741. The molecule has 0 bridgehead atoms. The minimum absolute atomic E-state index is 0.219. The molecule has 3 aliphatic rings. The van der Waals surface area contributed by atoms with Gasteiger partial charge in [-0.2, -0.15) is 0 Å². The van der Waals surface area contributed by atoms with Crippen molar-refractivity contribution in [3.63, 3.8) is 0 Å². The lowest BCUT2D eigenvalue weighted by atomic mass is 9.77. The first-order valence-corrected chi connectivity index (χ1v) is 12.2. The van der Waals surface area contributed by atoms with E-state index in [4.69, 9.17) is 10.5 Å². The predicted molar refractivity (Wildman–Crippen MR) is 127 cm³/mol. The number of hydrogen-bond acceptors (Lipinski definition) is 4. The van der Waals surface area contributed by atoms with Crippen molar-refractivity contribution >= 4 is 11.3 Å². The second kappa shape index (κ2) is 9.42. The lowest BCUT2D eigenvalue weighted by molar-refractivity contribution is -0.117. The van der Waals surface area contributed by atoms with Gasteiger partial charge in [-0.05, 0) is 109 Å². The minimum Gasteiger partial charge on any atom is -0.398 e. The number of anilines is 1. The highest BCUT2D eigenvalue weighted by Crippen LogP contribution is 2.43. The van der Waals surface area contributed by atoms with E-state index in [1.54, 1.807) is 0 Å². The standard InChI is InChI=1S/C26H41N3O/c1-20-18-26(19-21(2)28(20)3,30-16-15-29-13-7-8-14-29)23-11-12-25(27)24(17-23)22-9-5-4-6-10-22/h9,11-12,17,20-21H,4-8,10,13-16,18-19,27H2,1-3H3. The van der Waals surface area contributed by atoms with Crippen LogP contribution in [0, 0.1) is 0 Å². The molecule has 0 amide bonds. The zero-order valence-electron chi connectivity index (χ0n) is 19.3. The van der Waals surface area contributed by atoms with Gasteiger partial charge in [0.25, 0.3) is 0 Å². The molecule has 4 rings (SSSR count). The largest absolute Gasteiger partial charge is 0.398 e. The van der Waals surface area contributed by atoms with Gasteiger partial charge in [0, 0.05) is 29.9 Å². The Kier molecular flexibility index (Phi) is 6.86. The fourth-order valence-electron chi connectivity index (χ4n) is 5.77. The molecule has 1 aromatic carbocycles. The van der Waals surface area contributed by atoms with E-state index >= 15 is 0 Å². The number of piperidine rings is 1. The van der Waals surface area contributed by atoms with Gasteiger partial charge in [-0.1, -0.05) is 12.1 Å². The monoisotopic (exact) mass is 411 g/mol. The molecule has 4 heteroatoms. The van der Waals surface area contributed by atoms with E-state index < -0.39 is 0 Å². The van der Waals surface area contributed by atoms with Gasteiger partial charge >= 0.3 is 0 Å². The number of nitrogen functional groups attached to an aromatic ring is 1.